The fourth-order valence-electron chi connectivity index (χ4n) is 8.06. The molecule has 10 heteroatoms. The maximum atomic E-state index is 13.2. The smallest absolute Gasteiger partial charge is 0.331 e. The van der Waals surface area contributed by atoms with E-state index in [2.05, 4.69) is 0 Å². The fraction of sp³-hybridized carbons (Fsp3) is 0.531. The molecule has 4 aliphatic rings. The fourth-order valence-corrected chi connectivity index (χ4v) is 8.06. The second-order valence-electron chi connectivity index (χ2n) is 12.6. The quantitative estimate of drug-likeness (QED) is 0.169. The number of hydrogen-bond acceptors (Lipinski definition) is 10. The van der Waals surface area contributed by atoms with Gasteiger partial charge in [0.05, 0.1) is 25.4 Å². The number of aliphatic hydroxyl groups excluding tert-OH is 2. The number of fused-ring (bicyclic) bond motifs is 5. The van der Waals surface area contributed by atoms with Gasteiger partial charge in [0.2, 0.25) is 0 Å². The summed E-state index contributed by atoms with van der Waals surface area (Å²) in [6.07, 6.45) is 4.48. The molecular weight excluding hydrogens is 544 g/mol. The zero-order chi connectivity index (χ0) is 31.0. The molecule has 0 bridgehead atoms. The lowest BCUT2D eigenvalue weighted by Crippen LogP contribution is -2.65. The van der Waals surface area contributed by atoms with Crippen LogP contribution in [0.2, 0.25) is 0 Å². The van der Waals surface area contributed by atoms with Crippen LogP contribution in [0.1, 0.15) is 46.6 Å². The maximum Gasteiger partial charge on any atom is 0.331 e. The van der Waals surface area contributed by atoms with Gasteiger partial charge >= 0.3 is 11.9 Å². The van der Waals surface area contributed by atoms with E-state index in [0.717, 1.165) is 0 Å². The van der Waals surface area contributed by atoms with Crippen molar-refractivity contribution in [3.63, 3.8) is 0 Å². The highest BCUT2D eigenvalue weighted by molar-refractivity contribution is 6.04. The summed E-state index contributed by atoms with van der Waals surface area (Å²) >= 11 is 0. The molecule has 2 fully saturated rings. The average molecular weight is 583 g/mol. The number of ether oxygens (including phenoxy) is 3. The first kappa shape index (κ1) is 30.2. The minimum absolute atomic E-state index is 0.150. The van der Waals surface area contributed by atoms with Crippen molar-refractivity contribution in [3.05, 3.63) is 53.1 Å². The van der Waals surface area contributed by atoms with Gasteiger partial charge in [-0.05, 0) is 41.8 Å². The van der Waals surface area contributed by atoms with Crippen molar-refractivity contribution >= 4 is 23.8 Å². The second-order valence-corrected chi connectivity index (χ2v) is 12.6. The van der Waals surface area contributed by atoms with Crippen LogP contribution in [0.15, 0.2) is 47.6 Å². The van der Waals surface area contributed by atoms with Gasteiger partial charge in [-0.1, -0.05) is 39.0 Å². The lowest BCUT2D eigenvalue weighted by atomic mass is 9.59. The van der Waals surface area contributed by atoms with Crippen LogP contribution in [-0.2, 0) is 19.1 Å². The van der Waals surface area contributed by atoms with Crippen LogP contribution < -0.4 is 9.47 Å². The first-order valence-electron chi connectivity index (χ1n) is 14.0. The third-order valence-corrected chi connectivity index (χ3v) is 10.1. The monoisotopic (exact) mass is 582 g/mol. The SMILES string of the molecule is COc1ccc(/C=C/C(=O)O[C@@]23[C@H](O)[C@@H](C)[C@@]4(O)[C@@H](C=C(CO)C[C@]5(O)C(=O)C(C)=C[C@@H]45)[C@@H]2C3(C)C)cc1OC(C)=O. The molecule has 0 aromatic heterocycles. The summed E-state index contributed by atoms with van der Waals surface area (Å²) in [6, 6.07) is 4.80. The molecule has 1 aromatic rings. The van der Waals surface area contributed by atoms with Crippen LogP contribution in [0.5, 0.6) is 11.5 Å². The number of esters is 2. The number of aliphatic hydroxyl groups is 4. The summed E-state index contributed by atoms with van der Waals surface area (Å²) in [4.78, 5) is 37.8. The van der Waals surface area contributed by atoms with E-state index in [1.807, 2.05) is 13.8 Å². The topological polar surface area (TPSA) is 160 Å². The molecule has 2 saturated carbocycles. The van der Waals surface area contributed by atoms with Crippen molar-refractivity contribution in [1.29, 1.82) is 0 Å². The Morgan fingerprint density at radius 2 is 1.83 bits per heavy atom. The zero-order valence-electron chi connectivity index (χ0n) is 24.6. The van der Waals surface area contributed by atoms with Crippen LogP contribution in [0.4, 0.5) is 0 Å². The Morgan fingerprint density at radius 1 is 1.14 bits per heavy atom. The van der Waals surface area contributed by atoms with Gasteiger partial charge in [0.15, 0.2) is 17.3 Å². The Hall–Kier alpha value is -3.31. The molecular formula is C32H38O10. The standard InChI is InChI=1S/C32H38O10/c1-16-11-24-30(38,27(16)36)14-20(15-33)12-21-26-29(4,5)32(26,28(37)17(2)31(21,24)39)42-25(35)10-8-19-7-9-22(40-6)23(13-19)41-18(3)34/h7-13,17,21,24,26,28,33,37-39H,14-15H2,1-6H3/b10-8+/t17-,21+,24-,26-,28-,30-,31-,32-/m1/s1. The van der Waals surface area contributed by atoms with Gasteiger partial charge in [-0.25, -0.2) is 4.79 Å². The number of hydrogen-bond donors (Lipinski definition) is 4. The van der Waals surface area contributed by atoms with Crippen molar-refractivity contribution in [1.82, 2.24) is 0 Å². The number of carbonyl (C=O) groups excluding carboxylic acids is 3. The van der Waals surface area contributed by atoms with Crippen LogP contribution in [0, 0.1) is 29.1 Å². The van der Waals surface area contributed by atoms with E-state index >= 15 is 0 Å². The molecule has 0 amide bonds. The molecule has 10 nitrogen and oxygen atoms in total. The van der Waals surface area contributed by atoms with E-state index in [9.17, 15) is 34.8 Å². The summed E-state index contributed by atoms with van der Waals surface area (Å²) in [5.74, 6) is -4.51. The molecule has 4 N–H and O–H groups in total. The summed E-state index contributed by atoms with van der Waals surface area (Å²) < 4.78 is 16.5. The third kappa shape index (κ3) is 4.03. The first-order chi connectivity index (χ1) is 19.6. The molecule has 0 heterocycles. The van der Waals surface area contributed by atoms with Gasteiger partial charge < -0.3 is 34.6 Å². The van der Waals surface area contributed by atoms with Gasteiger partial charge in [0, 0.05) is 48.5 Å². The Kier molecular flexibility index (Phi) is 7.09. The number of methoxy groups -OCH3 is 1. The van der Waals surface area contributed by atoms with Crippen LogP contribution in [0.25, 0.3) is 6.08 Å². The molecule has 0 spiro atoms. The van der Waals surface area contributed by atoms with E-state index in [1.165, 1.54) is 32.3 Å². The summed E-state index contributed by atoms with van der Waals surface area (Å²) in [6.45, 7) is 7.73. The maximum absolute atomic E-state index is 13.2. The number of benzene rings is 1. The number of rotatable bonds is 6. The van der Waals surface area contributed by atoms with Gasteiger partial charge in [-0.2, -0.15) is 0 Å². The molecule has 1 aromatic carbocycles. The van der Waals surface area contributed by atoms with Crippen molar-refractivity contribution in [2.24, 2.45) is 29.1 Å². The predicted octanol–water partition coefficient (Wildman–Crippen LogP) is 2.13. The molecule has 5 rings (SSSR count). The van der Waals surface area contributed by atoms with Crippen molar-refractivity contribution < 1.29 is 49.0 Å². The summed E-state index contributed by atoms with van der Waals surface area (Å²) in [7, 11) is 1.44. The molecule has 226 valence electrons. The molecule has 42 heavy (non-hydrogen) atoms. The van der Waals surface area contributed by atoms with E-state index in [4.69, 9.17) is 14.2 Å². The first-order valence-corrected chi connectivity index (χ1v) is 14.0. The van der Waals surface area contributed by atoms with Gasteiger partial charge in [0.1, 0.15) is 11.2 Å². The highest BCUT2D eigenvalue weighted by Gasteiger charge is 2.86. The molecule has 0 radical (unpaired) electrons. The van der Waals surface area contributed by atoms with Crippen molar-refractivity contribution in [2.45, 2.75) is 63.9 Å². The van der Waals surface area contributed by atoms with Crippen LogP contribution in [-0.4, -0.2) is 74.8 Å². The summed E-state index contributed by atoms with van der Waals surface area (Å²) in [5, 5.41) is 45.9. The Bertz CT molecular complexity index is 1440. The van der Waals surface area contributed by atoms with Gasteiger partial charge in [-0.3, -0.25) is 9.59 Å². The minimum atomic E-state index is -1.96. The number of ketones is 1. The van der Waals surface area contributed by atoms with Crippen molar-refractivity contribution in [2.75, 3.05) is 13.7 Å². The highest BCUT2D eigenvalue weighted by atomic mass is 16.6. The number of Topliss-reactive ketones (excluding diaryl/α,β-unsaturated/α-hetero) is 1. The van der Waals surface area contributed by atoms with Crippen molar-refractivity contribution in [3.8, 4) is 11.5 Å². The molecule has 0 aliphatic heterocycles. The van der Waals surface area contributed by atoms with Crippen LogP contribution in [0.3, 0.4) is 0 Å². The van der Waals surface area contributed by atoms with Gasteiger partial charge in [0.25, 0.3) is 0 Å². The number of carbonyl (C=O) groups is 3. The lowest BCUT2D eigenvalue weighted by molar-refractivity contribution is -0.217. The molecule has 4 aliphatic carbocycles. The molecule has 8 atom stereocenters. The van der Waals surface area contributed by atoms with E-state index in [0.29, 0.717) is 22.5 Å². The zero-order valence-corrected chi connectivity index (χ0v) is 24.6. The Labute approximate surface area is 244 Å². The third-order valence-electron chi connectivity index (χ3n) is 10.1. The second kappa shape index (κ2) is 9.87. The van der Waals surface area contributed by atoms with E-state index < -0.39 is 76.3 Å². The lowest BCUT2D eigenvalue weighted by Gasteiger charge is -2.52. The van der Waals surface area contributed by atoms with Crippen LogP contribution >= 0.6 is 0 Å². The van der Waals surface area contributed by atoms with E-state index in [-0.39, 0.29) is 12.2 Å². The van der Waals surface area contributed by atoms with E-state index in [1.54, 1.807) is 38.1 Å². The normalized spacial score (nSPS) is 38.0. The molecule has 0 unspecified atom stereocenters. The minimum Gasteiger partial charge on any atom is -0.493 e. The Balaban J connectivity index is 1.49. The Morgan fingerprint density at radius 3 is 2.45 bits per heavy atom. The summed E-state index contributed by atoms with van der Waals surface area (Å²) in [5.41, 5.74) is -4.66. The largest absolute Gasteiger partial charge is 0.493 e. The van der Waals surface area contributed by atoms with Gasteiger partial charge in [-0.15, -0.1) is 0 Å². The predicted molar refractivity (Wildman–Crippen MR) is 150 cm³/mol. The highest BCUT2D eigenvalue weighted by Crippen LogP contribution is 2.76. The average Bonchev–Trinajstić information content (AvgIpc) is 3.36. The molecule has 0 saturated heterocycles.